The number of carbonyl (C=O) groups excluding carboxylic acids is 1. The van der Waals surface area contributed by atoms with Gasteiger partial charge < -0.3 is 5.32 Å². The second-order valence-electron chi connectivity index (χ2n) is 5.47. The molecule has 1 saturated carbocycles. The minimum atomic E-state index is -0.140. The first kappa shape index (κ1) is 14.5. The van der Waals surface area contributed by atoms with Crippen LogP contribution in [-0.4, -0.2) is 18.0 Å². The van der Waals surface area contributed by atoms with E-state index in [1.54, 1.807) is 11.3 Å². The molecule has 19 heavy (non-hydrogen) atoms. The highest BCUT2D eigenvalue weighted by Gasteiger charge is 2.21. The van der Waals surface area contributed by atoms with Gasteiger partial charge in [0.05, 0.1) is 6.04 Å². The Morgan fingerprint density at radius 3 is 2.68 bits per heavy atom. The zero-order chi connectivity index (χ0) is 13.7. The molecule has 0 unspecified atom stereocenters. The lowest BCUT2D eigenvalue weighted by Gasteiger charge is -2.25. The molecule has 0 saturated heterocycles. The molecule has 4 heteroatoms. The van der Waals surface area contributed by atoms with E-state index >= 15 is 0 Å². The molecule has 1 aromatic rings. The van der Waals surface area contributed by atoms with Crippen molar-refractivity contribution in [3.8, 4) is 0 Å². The van der Waals surface area contributed by atoms with Crippen LogP contribution in [0.4, 0.5) is 0 Å². The van der Waals surface area contributed by atoms with Crippen LogP contribution in [0.2, 0.25) is 0 Å². The first-order chi connectivity index (χ1) is 9.16. The van der Waals surface area contributed by atoms with Gasteiger partial charge in [0, 0.05) is 17.0 Å². The van der Waals surface area contributed by atoms with E-state index in [1.807, 2.05) is 13.0 Å². The van der Waals surface area contributed by atoms with Crippen LogP contribution in [0.15, 0.2) is 17.5 Å². The lowest BCUT2D eigenvalue weighted by Crippen LogP contribution is -2.47. The van der Waals surface area contributed by atoms with E-state index in [9.17, 15) is 4.79 Å². The van der Waals surface area contributed by atoms with Crippen molar-refractivity contribution in [2.75, 3.05) is 0 Å². The summed E-state index contributed by atoms with van der Waals surface area (Å²) in [4.78, 5) is 13.4. The first-order valence-corrected chi connectivity index (χ1v) is 8.14. The summed E-state index contributed by atoms with van der Waals surface area (Å²) in [5, 5.41) is 8.61. The third-order valence-corrected chi connectivity index (χ3v) is 4.87. The van der Waals surface area contributed by atoms with Gasteiger partial charge in [0.25, 0.3) is 0 Å². The largest absolute Gasteiger partial charge is 0.352 e. The fourth-order valence-corrected chi connectivity index (χ4v) is 3.39. The lowest BCUT2D eigenvalue weighted by molar-refractivity contribution is -0.123. The van der Waals surface area contributed by atoms with E-state index in [0.717, 1.165) is 12.8 Å². The Hall–Kier alpha value is -0.870. The Kier molecular flexibility index (Phi) is 5.40. The van der Waals surface area contributed by atoms with Crippen molar-refractivity contribution >= 4 is 17.2 Å². The van der Waals surface area contributed by atoms with Gasteiger partial charge in [-0.1, -0.05) is 25.3 Å². The predicted molar refractivity (Wildman–Crippen MR) is 80.3 cm³/mol. The van der Waals surface area contributed by atoms with Crippen molar-refractivity contribution in [2.45, 2.75) is 64.1 Å². The number of thiophene rings is 1. The molecule has 1 aromatic heterocycles. The maximum Gasteiger partial charge on any atom is 0.237 e. The molecule has 1 aliphatic carbocycles. The summed E-state index contributed by atoms with van der Waals surface area (Å²) in [7, 11) is 0. The second kappa shape index (κ2) is 7.06. The molecule has 0 aliphatic heterocycles. The molecule has 106 valence electrons. The summed E-state index contributed by atoms with van der Waals surface area (Å²) in [5.74, 6) is 0.135. The van der Waals surface area contributed by atoms with Crippen molar-refractivity contribution in [2.24, 2.45) is 0 Å². The molecule has 1 heterocycles. The molecule has 0 bridgehead atoms. The van der Waals surface area contributed by atoms with Gasteiger partial charge in [-0.3, -0.25) is 10.1 Å². The van der Waals surface area contributed by atoms with E-state index in [1.165, 1.54) is 24.1 Å². The number of hydrogen-bond acceptors (Lipinski definition) is 3. The van der Waals surface area contributed by atoms with Crippen LogP contribution in [0.5, 0.6) is 0 Å². The summed E-state index contributed by atoms with van der Waals surface area (Å²) in [5.41, 5.74) is 0. The Bertz CT molecular complexity index is 385. The number of nitrogens with one attached hydrogen (secondary N) is 2. The van der Waals surface area contributed by atoms with E-state index in [-0.39, 0.29) is 18.0 Å². The zero-order valence-electron chi connectivity index (χ0n) is 11.8. The molecule has 1 amide bonds. The van der Waals surface area contributed by atoms with Crippen LogP contribution < -0.4 is 10.6 Å². The zero-order valence-corrected chi connectivity index (χ0v) is 12.6. The van der Waals surface area contributed by atoms with Crippen molar-refractivity contribution in [1.82, 2.24) is 10.6 Å². The molecule has 1 aliphatic rings. The van der Waals surface area contributed by atoms with Gasteiger partial charge in [-0.25, -0.2) is 0 Å². The summed E-state index contributed by atoms with van der Waals surface area (Å²) in [6.45, 7) is 4.05. The molecule has 2 atom stereocenters. The van der Waals surface area contributed by atoms with Crippen LogP contribution >= 0.6 is 11.3 Å². The van der Waals surface area contributed by atoms with Gasteiger partial charge >= 0.3 is 0 Å². The normalized spacial score (nSPS) is 19.9. The van der Waals surface area contributed by atoms with Crippen LogP contribution in [0.25, 0.3) is 0 Å². The van der Waals surface area contributed by atoms with E-state index in [2.05, 4.69) is 29.0 Å². The quantitative estimate of drug-likeness (QED) is 0.869. The Morgan fingerprint density at radius 2 is 2.05 bits per heavy atom. The third kappa shape index (κ3) is 4.32. The minimum Gasteiger partial charge on any atom is -0.352 e. The number of amides is 1. The third-order valence-electron chi connectivity index (χ3n) is 3.81. The van der Waals surface area contributed by atoms with E-state index < -0.39 is 0 Å². The van der Waals surface area contributed by atoms with Crippen LogP contribution in [0.1, 0.15) is 56.9 Å². The van der Waals surface area contributed by atoms with Crippen molar-refractivity contribution < 1.29 is 4.79 Å². The maximum atomic E-state index is 12.1. The van der Waals surface area contributed by atoms with Crippen LogP contribution in [-0.2, 0) is 4.79 Å². The summed E-state index contributed by atoms with van der Waals surface area (Å²) in [6.07, 6.45) is 6.09. The fraction of sp³-hybridized carbons (Fsp3) is 0.667. The molecule has 0 aromatic carbocycles. The minimum absolute atomic E-state index is 0.135. The SMILES string of the molecule is C[C@H](N[C@H](C)C(=O)NC1CCCCC1)c1cccs1. The topological polar surface area (TPSA) is 41.1 Å². The second-order valence-corrected chi connectivity index (χ2v) is 6.45. The molecule has 0 radical (unpaired) electrons. The molecule has 2 N–H and O–H groups in total. The first-order valence-electron chi connectivity index (χ1n) is 7.26. The number of hydrogen-bond donors (Lipinski definition) is 2. The van der Waals surface area contributed by atoms with Gasteiger partial charge in [0.2, 0.25) is 5.91 Å². The highest BCUT2D eigenvalue weighted by atomic mass is 32.1. The molecular weight excluding hydrogens is 256 g/mol. The highest BCUT2D eigenvalue weighted by molar-refractivity contribution is 7.10. The molecule has 0 spiro atoms. The van der Waals surface area contributed by atoms with E-state index in [4.69, 9.17) is 0 Å². The lowest BCUT2D eigenvalue weighted by atomic mass is 9.95. The smallest absolute Gasteiger partial charge is 0.237 e. The monoisotopic (exact) mass is 280 g/mol. The highest BCUT2D eigenvalue weighted by Crippen LogP contribution is 2.19. The standard InChI is InChI=1S/C15H24N2OS/c1-11(14-9-6-10-19-14)16-12(2)15(18)17-13-7-4-3-5-8-13/h6,9-13,16H,3-5,7-8H2,1-2H3,(H,17,18)/t11-,12+/m0/s1. The summed E-state index contributed by atoms with van der Waals surface area (Å²) >= 11 is 1.73. The molecule has 3 nitrogen and oxygen atoms in total. The molecule has 1 fully saturated rings. The van der Waals surface area contributed by atoms with Gasteiger partial charge in [-0.15, -0.1) is 11.3 Å². The van der Waals surface area contributed by atoms with Crippen molar-refractivity contribution in [1.29, 1.82) is 0 Å². The average molecular weight is 280 g/mol. The van der Waals surface area contributed by atoms with Gasteiger partial charge in [-0.05, 0) is 38.1 Å². The fourth-order valence-electron chi connectivity index (χ4n) is 2.64. The molecule has 2 rings (SSSR count). The number of carbonyl (C=O) groups is 1. The predicted octanol–water partition coefficient (Wildman–Crippen LogP) is 3.24. The van der Waals surface area contributed by atoms with Gasteiger partial charge in [-0.2, -0.15) is 0 Å². The Balaban J connectivity index is 1.78. The van der Waals surface area contributed by atoms with E-state index in [0.29, 0.717) is 6.04 Å². The number of rotatable bonds is 5. The Morgan fingerprint density at radius 1 is 1.32 bits per heavy atom. The van der Waals surface area contributed by atoms with Gasteiger partial charge in [0.1, 0.15) is 0 Å². The average Bonchev–Trinajstić information content (AvgIpc) is 2.93. The van der Waals surface area contributed by atoms with Crippen molar-refractivity contribution in [3.05, 3.63) is 22.4 Å². The van der Waals surface area contributed by atoms with Crippen LogP contribution in [0, 0.1) is 0 Å². The Labute approximate surface area is 119 Å². The van der Waals surface area contributed by atoms with Gasteiger partial charge in [0.15, 0.2) is 0 Å². The van der Waals surface area contributed by atoms with Crippen LogP contribution in [0.3, 0.4) is 0 Å². The summed E-state index contributed by atoms with van der Waals surface area (Å²) < 4.78 is 0. The maximum absolute atomic E-state index is 12.1. The summed E-state index contributed by atoms with van der Waals surface area (Å²) in [6, 6.07) is 4.63. The van der Waals surface area contributed by atoms with Crippen molar-refractivity contribution in [3.63, 3.8) is 0 Å². The molecular formula is C15H24N2OS.